The Bertz CT molecular complexity index is 1280. The molecule has 2 amide bonds. The molecule has 6 rings (SSSR count). The molecule has 0 radical (unpaired) electrons. The third-order valence-corrected chi connectivity index (χ3v) is 7.73. The van der Waals surface area contributed by atoms with Gasteiger partial charge in [-0.15, -0.1) is 0 Å². The summed E-state index contributed by atoms with van der Waals surface area (Å²) in [6, 6.07) is 13.0. The van der Waals surface area contributed by atoms with Crippen molar-refractivity contribution in [3.63, 3.8) is 0 Å². The molecule has 4 aliphatic rings. The summed E-state index contributed by atoms with van der Waals surface area (Å²) in [5, 5.41) is 13.6. The molecule has 38 heavy (non-hydrogen) atoms. The van der Waals surface area contributed by atoms with E-state index in [1.54, 1.807) is 6.07 Å². The third kappa shape index (κ3) is 4.70. The second-order valence-corrected chi connectivity index (χ2v) is 9.97. The predicted octanol–water partition coefficient (Wildman–Crippen LogP) is 3.70. The summed E-state index contributed by atoms with van der Waals surface area (Å²) in [4.78, 5) is 31.2. The Kier molecular flexibility index (Phi) is 6.92. The summed E-state index contributed by atoms with van der Waals surface area (Å²) in [6.07, 6.45) is 1.15. The van der Waals surface area contributed by atoms with Gasteiger partial charge < -0.3 is 19.9 Å². The highest BCUT2D eigenvalue weighted by molar-refractivity contribution is 6.22. The number of hydrogen-bond acceptors (Lipinski definition) is 8. The maximum absolute atomic E-state index is 13.7. The van der Waals surface area contributed by atoms with E-state index in [0.717, 1.165) is 50.3 Å². The van der Waals surface area contributed by atoms with E-state index >= 15 is 0 Å². The number of azo groups is 1. The largest absolute Gasteiger partial charge is 0.379 e. The number of ether oxygens (including phenoxy) is 1. The number of amides is 2. The van der Waals surface area contributed by atoms with Gasteiger partial charge in [0.05, 0.1) is 30.0 Å². The van der Waals surface area contributed by atoms with Gasteiger partial charge in [0.1, 0.15) is 11.7 Å². The van der Waals surface area contributed by atoms with Crippen molar-refractivity contribution in [1.29, 1.82) is 0 Å². The minimum atomic E-state index is -0.443. The fraction of sp³-hybridized carbons (Fsp3) is 0.429. The minimum Gasteiger partial charge on any atom is -0.379 e. The molecule has 3 heterocycles. The lowest BCUT2D eigenvalue weighted by Gasteiger charge is -2.27. The summed E-state index contributed by atoms with van der Waals surface area (Å²) in [6.45, 7) is 9.91. The van der Waals surface area contributed by atoms with Gasteiger partial charge >= 0.3 is 6.03 Å². The van der Waals surface area contributed by atoms with E-state index in [-0.39, 0.29) is 11.8 Å². The van der Waals surface area contributed by atoms with Crippen LogP contribution in [0.25, 0.3) is 5.70 Å². The van der Waals surface area contributed by atoms with Gasteiger partial charge in [0, 0.05) is 44.0 Å². The standard InChI is InChI=1S/C28H33N7O3/c1-2-33-11-4-12-34(14-13-33)20-9-7-19(8-10-20)25-24-26(31-30-25)21-5-3-6-22(23(21)27(24)36)29-28(37)32-35-15-17-38-18-16-35/h3,5-10,26H,2,4,11-18H2,1H3,(H2,29,32,37). The topological polar surface area (TPSA) is 102 Å². The van der Waals surface area contributed by atoms with E-state index in [4.69, 9.17) is 4.74 Å². The molecule has 3 aliphatic heterocycles. The Morgan fingerprint density at radius 3 is 2.63 bits per heavy atom. The lowest BCUT2D eigenvalue weighted by atomic mass is 10.0. The zero-order chi connectivity index (χ0) is 26.1. The molecule has 0 bridgehead atoms. The van der Waals surface area contributed by atoms with Crippen LogP contribution >= 0.6 is 0 Å². The maximum atomic E-state index is 13.7. The van der Waals surface area contributed by atoms with Crippen LogP contribution in [0.4, 0.5) is 16.2 Å². The van der Waals surface area contributed by atoms with Gasteiger partial charge in [-0.1, -0.05) is 31.2 Å². The van der Waals surface area contributed by atoms with E-state index < -0.39 is 6.04 Å². The Hall–Kier alpha value is -3.60. The van der Waals surface area contributed by atoms with Gasteiger partial charge in [-0.05, 0) is 43.3 Å². The summed E-state index contributed by atoms with van der Waals surface area (Å²) >= 11 is 0. The number of hydrazine groups is 1. The SMILES string of the molecule is CCN1CCCN(c2ccc(C3=C4C(=O)c5c(NC(=O)NN6CCOCC6)cccc5C4N=N3)cc2)CC1. The van der Waals surface area contributed by atoms with E-state index in [0.29, 0.717) is 48.8 Å². The molecule has 0 saturated carbocycles. The number of carbonyl (C=O) groups excluding carboxylic acids is 2. The van der Waals surface area contributed by atoms with Gasteiger partial charge in [0.15, 0.2) is 5.78 Å². The monoisotopic (exact) mass is 515 g/mol. The van der Waals surface area contributed by atoms with Gasteiger partial charge in [0.2, 0.25) is 0 Å². The number of carbonyl (C=O) groups is 2. The van der Waals surface area contributed by atoms with Crippen LogP contribution in [0.15, 0.2) is 58.3 Å². The fourth-order valence-corrected chi connectivity index (χ4v) is 5.65. The molecule has 2 saturated heterocycles. The van der Waals surface area contributed by atoms with Crippen molar-refractivity contribution in [2.45, 2.75) is 19.4 Å². The average molecular weight is 516 g/mol. The molecule has 2 N–H and O–H groups in total. The molecule has 2 aromatic rings. The second-order valence-electron chi connectivity index (χ2n) is 9.97. The van der Waals surface area contributed by atoms with Crippen LogP contribution in [-0.4, -0.2) is 80.8 Å². The normalized spacial score (nSPS) is 21.9. The van der Waals surface area contributed by atoms with Crippen LogP contribution in [0.2, 0.25) is 0 Å². The molecule has 1 aliphatic carbocycles. The highest BCUT2D eigenvalue weighted by Crippen LogP contribution is 2.49. The number of anilines is 2. The summed E-state index contributed by atoms with van der Waals surface area (Å²) in [7, 11) is 0. The van der Waals surface area contributed by atoms with Crippen LogP contribution in [0.1, 0.15) is 40.9 Å². The predicted molar refractivity (Wildman–Crippen MR) is 145 cm³/mol. The van der Waals surface area contributed by atoms with E-state index in [2.05, 4.69) is 49.8 Å². The third-order valence-electron chi connectivity index (χ3n) is 7.73. The van der Waals surface area contributed by atoms with Crippen LogP contribution in [0.3, 0.4) is 0 Å². The maximum Gasteiger partial charge on any atom is 0.333 e. The number of fused-ring (bicyclic) bond motifs is 3. The van der Waals surface area contributed by atoms with Gasteiger partial charge in [-0.2, -0.15) is 10.2 Å². The number of likely N-dealkylation sites (N-methyl/N-ethyl adjacent to an activating group) is 1. The molecule has 198 valence electrons. The zero-order valence-corrected chi connectivity index (χ0v) is 21.7. The number of ketones is 1. The molecule has 10 heteroatoms. The quantitative estimate of drug-likeness (QED) is 0.630. The van der Waals surface area contributed by atoms with Gasteiger partial charge in [0.25, 0.3) is 0 Å². The van der Waals surface area contributed by atoms with Crippen LogP contribution in [0, 0.1) is 0 Å². The number of rotatable bonds is 5. The lowest BCUT2D eigenvalue weighted by molar-refractivity contribution is 0.0207. The summed E-state index contributed by atoms with van der Waals surface area (Å²) in [5.41, 5.74) is 7.81. The van der Waals surface area contributed by atoms with Crippen LogP contribution in [0.5, 0.6) is 0 Å². The first kappa shape index (κ1) is 24.7. The molecular weight excluding hydrogens is 482 g/mol. The molecule has 1 atom stereocenters. The van der Waals surface area contributed by atoms with Crippen molar-refractivity contribution in [3.8, 4) is 0 Å². The van der Waals surface area contributed by atoms with Crippen LogP contribution in [-0.2, 0) is 4.74 Å². The smallest absolute Gasteiger partial charge is 0.333 e. The average Bonchev–Trinajstić information content (AvgIpc) is 3.39. The Balaban J connectivity index is 1.21. The van der Waals surface area contributed by atoms with Crippen molar-refractivity contribution < 1.29 is 14.3 Å². The van der Waals surface area contributed by atoms with Crippen LogP contribution < -0.4 is 15.6 Å². The number of morpholine rings is 1. The first-order valence-electron chi connectivity index (χ1n) is 13.4. The molecular formula is C28H33N7O3. The molecule has 0 aromatic heterocycles. The summed E-state index contributed by atoms with van der Waals surface area (Å²) in [5.74, 6) is -0.136. The first-order chi connectivity index (χ1) is 18.6. The number of Topliss-reactive ketones (excluding diaryl/α,β-unsaturated/α-hetero) is 1. The molecule has 10 nitrogen and oxygen atoms in total. The number of urea groups is 1. The fourth-order valence-electron chi connectivity index (χ4n) is 5.65. The van der Waals surface area contributed by atoms with Gasteiger partial charge in [-0.3, -0.25) is 10.2 Å². The number of benzene rings is 2. The highest BCUT2D eigenvalue weighted by atomic mass is 16.5. The lowest BCUT2D eigenvalue weighted by Crippen LogP contribution is -2.49. The molecule has 2 fully saturated rings. The first-order valence-corrected chi connectivity index (χ1v) is 13.4. The van der Waals surface area contributed by atoms with Crippen molar-refractivity contribution in [3.05, 3.63) is 64.7 Å². The second kappa shape index (κ2) is 10.6. The Morgan fingerprint density at radius 2 is 1.84 bits per heavy atom. The number of nitrogens with zero attached hydrogens (tertiary/aromatic N) is 5. The van der Waals surface area contributed by atoms with Crippen molar-refractivity contribution in [2.75, 3.05) is 69.2 Å². The molecule has 1 unspecified atom stereocenters. The zero-order valence-electron chi connectivity index (χ0n) is 21.7. The number of hydrogen-bond donors (Lipinski definition) is 2. The highest BCUT2D eigenvalue weighted by Gasteiger charge is 2.42. The minimum absolute atomic E-state index is 0.136. The molecule has 0 spiro atoms. The Morgan fingerprint density at radius 1 is 1.03 bits per heavy atom. The van der Waals surface area contributed by atoms with E-state index in [9.17, 15) is 9.59 Å². The number of nitrogens with one attached hydrogen (secondary N) is 2. The Labute approximate surface area is 222 Å². The van der Waals surface area contributed by atoms with Gasteiger partial charge in [-0.25, -0.2) is 9.80 Å². The summed E-state index contributed by atoms with van der Waals surface area (Å²) < 4.78 is 5.33. The van der Waals surface area contributed by atoms with Crippen molar-refractivity contribution in [1.82, 2.24) is 15.3 Å². The molecule has 2 aromatic carbocycles. The van der Waals surface area contributed by atoms with E-state index in [1.807, 2.05) is 29.3 Å². The van der Waals surface area contributed by atoms with E-state index in [1.165, 1.54) is 5.69 Å². The van der Waals surface area contributed by atoms with Crippen molar-refractivity contribution in [2.24, 2.45) is 10.2 Å². The van der Waals surface area contributed by atoms with Crippen molar-refractivity contribution >= 4 is 28.9 Å².